The van der Waals surface area contributed by atoms with Gasteiger partial charge in [0.25, 0.3) is 0 Å². The van der Waals surface area contributed by atoms with Crippen LogP contribution in [0.15, 0.2) is 59.5 Å². The number of anilines is 2. The van der Waals surface area contributed by atoms with Crippen LogP contribution in [0, 0.1) is 6.92 Å². The molecule has 3 aromatic heterocycles. The van der Waals surface area contributed by atoms with Crippen molar-refractivity contribution >= 4 is 33.3 Å². The summed E-state index contributed by atoms with van der Waals surface area (Å²) in [6.07, 6.45) is 5.74. The SMILES string of the molecule is COc1cc(OC2CCN(C)CC2)c2c(Nc3ccc4c(ccn4Cc4cc(C)on4)c3)ncnc2c1. The van der Waals surface area contributed by atoms with Crippen LogP contribution in [0.3, 0.4) is 0 Å². The molecular formula is C28H30N6O3. The lowest BCUT2D eigenvalue weighted by Crippen LogP contribution is -2.35. The van der Waals surface area contributed by atoms with Crippen molar-refractivity contribution in [1.82, 2.24) is 24.6 Å². The fourth-order valence-electron chi connectivity index (χ4n) is 4.94. The van der Waals surface area contributed by atoms with Gasteiger partial charge >= 0.3 is 0 Å². The smallest absolute Gasteiger partial charge is 0.145 e. The second kappa shape index (κ2) is 9.74. The summed E-state index contributed by atoms with van der Waals surface area (Å²) < 4.78 is 19.4. The molecule has 0 unspecified atom stereocenters. The van der Waals surface area contributed by atoms with Crippen molar-refractivity contribution in [2.75, 3.05) is 32.6 Å². The van der Waals surface area contributed by atoms with Gasteiger partial charge in [-0.15, -0.1) is 0 Å². The first-order valence-corrected chi connectivity index (χ1v) is 12.5. The summed E-state index contributed by atoms with van der Waals surface area (Å²) in [6.45, 7) is 4.59. The number of piperidine rings is 1. The number of aryl methyl sites for hydroxylation is 1. The van der Waals surface area contributed by atoms with Gasteiger partial charge in [0, 0.05) is 54.1 Å². The van der Waals surface area contributed by atoms with Gasteiger partial charge in [-0.2, -0.15) is 0 Å². The second-order valence-electron chi connectivity index (χ2n) is 9.63. The van der Waals surface area contributed by atoms with Gasteiger partial charge in [-0.1, -0.05) is 5.16 Å². The van der Waals surface area contributed by atoms with Crippen LogP contribution in [0.1, 0.15) is 24.3 Å². The average molecular weight is 499 g/mol. The predicted octanol–water partition coefficient (Wildman–Crippen LogP) is 5.15. The second-order valence-corrected chi connectivity index (χ2v) is 9.63. The Morgan fingerprint density at radius 2 is 1.95 bits per heavy atom. The van der Waals surface area contributed by atoms with E-state index in [4.69, 9.17) is 14.0 Å². The molecule has 5 aromatic rings. The van der Waals surface area contributed by atoms with E-state index in [0.717, 1.165) is 70.6 Å². The van der Waals surface area contributed by atoms with E-state index in [1.807, 2.05) is 25.1 Å². The molecular weight excluding hydrogens is 468 g/mol. The number of fused-ring (bicyclic) bond motifs is 2. The van der Waals surface area contributed by atoms with Crippen molar-refractivity contribution in [2.45, 2.75) is 32.4 Å². The molecule has 0 radical (unpaired) electrons. The molecule has 9 nitrogen and oxygen atoms in total. The Kier molecular flexibility index (Phi) is 6.13. The Balaban J connectivity index is 1.31. The van der Waals surface area contributed by atoms with Gasteiger partial charge in [-0.25, -0.2) is 9.97 Å². The first-order chi connectivity index (χ1) is 18.1. The molecule has 1 fully saturated rings. The molecule has 0 spiro atoms. The highest BCUT2D eigenvalue weighted by atomic mass is 16.5. The zero-order valence-corrected chi connectivity index (χ0v) is 21.3. The number of benzene rings is 2. The Bertz CT molecular complexity index is 1550. The van der Waals surface area contributed by atoms with E-state index >= 15 is 0 Å². The molecule has 1 saturated heterocycles. The van der Waals surface area contributed by atoms with Crippen molar-refractivity contribution in [3.8, 4) is 11.5 Å². The van der Waals surface area contributed by atoms with E-state index in [0.29, 0.717) is 18.1 Å². The molecule has 0 atom stereocenters. The monoisotopic (exact) mass is 498 g/mol. The van der Waals surface area contributed by atoms with Gasteiger partial charge in [0.15, 0.2) is 0 Å². The van der Waals surface area contributed by atoms with Crippen molar-refractivity contribution in [3.63, 3.8) is 0 Å². The van der Waals surface area contributed by atoms with Crippen molar-refractivity contribution in [2.24, 2.45) is 0 Å². The highest BCUT2D eigenvalue weighted by Gasteiger charge is 2.21. The topological polar surface area (TPSA) is 90.5 Å². The molecule has 1 aliphatic rings. The summed E-state index contributed by atoms with van der Waals surface area (Å²) in [7, 11) is 3.80. The maximum absolute atomic E-state index is 6.53. The van der Waals surface area contributed by atoms with Crippen LogP contribution >= 0.6 is 0 Å². The van der Waals surface area contributed by atoms with Crippen LogP contribution in [0.2, 0.25) is 0 Å². The number of likely N-dealkylation sites (tertiary alicyclic amines) is 1. The minimum atomic E-state index is 0.143. The number of nitrogens with one attached hydrogen (secondary N) is 1. The van der Waals surface area contributed by atoms with E-state index in [-0.39, 0.29) is 6.10 Å². The number of methoxy groups -OCH3 is 1. The van der Waals surface area contributed by atoms with Crippen LogP contribution in [-0.4, -0.2) is 57.9 Å². The summed E-state index contributed by atoms with van der Waals surface area (Å²) in [5.74, 6) is 2.96. The van der Waals surface area contributed by atoms with Gasteiger partial charge < -0.3 is 28.8 Å². The standard InChI is InChI=1S/C28H30N6O3/c1-18-12-21(32-37-18)16-34-11-6-19-13-20(4-5-25(19)34)31-28-27-24(29-17-30-28)14-23(35-3)15-26(27)36-22-7-9-33(2)10-8-22/h4-6,11-15,17,22H,7-10,16H2,1-3H3,(H,29,30,31). The van der Waals surface area contributed by atoms with Gasteiger partial charge in [0.2, 0.25) is 0 Å². The molecule has 0 saturated carbocycles. The van der Waals surface area contributed by atoms with Crippen LogP contribution < -0.4 is 14.8 Å². The molecule has 6 rings (SSSR count). The molecule has 0 bridgehead atoms. The summed E-state index contributed by atoms with van der Waals surface area (Å²) >= 11 is 0. The van der Waals surface area contributed by atoms with Crippen molar-refractivity contribution in [1.29, 1.82) is 0 Å². The maximum atomic E-state index is 6.53. The fourth-order valence-corrected chi connectivity index (χ4v) is 4.94. The largest absolute Gasteiger partial charge is 0.497 e. The minimum Gasteiger partial charge on any atom is -0.497 e. The zero-order valence-electron chi connectivity index (χ0n) is 21.3. The van der Waals surface area contributed by atoms with Gasteiger partial charge in [-0.05, 0) is 51.1 Å². The summed E-state index contributed by atoms with van der Waals surface area (Å²) in [5, 5.41) is 9.59. The quantitative estimate of drug-likeness (QED) is 0.329. The minimum absolute atomic E-state index is 0.143. The summed E-state index contributed by atoms with van der Waals surface area (Å²) in [6, 6.07) is 14.2. The lowest BCUT2D eigenvalue weighted by molar-refractivity contribution is 0.115. The predicted molar refractivity (Wildman–Crippen MR) is 143 cm³/mol. The number of nitrogens with zero attached hydrogens (tertiary/aromatic N) is 5. The molecule has 9 heteroatoms. The number of ether oxygens (including phenoxy) is 2. The van der Waals surface area contributed by atoms with Gasteiger partial charge in [0.05, 0.1) is 24.6 Å². The van der Waals surface area contributed by atoms with Crippen molar-refractivity contribution < 1.29 is 14.0 Å². The van der Waals surface area contributed by atoms with E-state index < -0.39 is 0 Å². The van der Waals surface area contributed by atoms with E-state index in [9.17, 15) is 0 Å². The summed E-state index contributed by atoms with van der Waals surface area (Å²) in [4.78, 5) is 11.4. The van der Waals surface area contributed by atoms with Crippen LogP contribution in [-0.2, 0) is 6.54 Å². The normalized spacial score (nSPS) is 14.9. The lowest BCUT2D eigenvalue weighted by atomic mass is 10.1. The molecule has 1 N–H and O–H groups in total. The zero-order chi connectivity index (χ0) is 25.4. The number of hydrogen-bond donors (Lipinski definition) is 1. The third-order valence-electron chi connectivity index (χ3n) is 6.91. The Hall–Kier alpha value is -4.11. The number of hydrogen-bond acceptors (Lipinski definition) is 8. The highest BCUT2D eigenvalue weighted by molar-refractivity contribution is 5.97. The fraction of sp³-hybridized carbons (Fsp3) is 0.321. The third-order valence-corrected chi connectivity index (χ3v) is 6.91. The molecule has 1 aliphatic heterocycles. The van der Waals surface area contributed by atoms with Gasteiger partial charge in [-0.3, -0.25) is 0 Å². The number of rotatable bonds is 7. The maximum Gasteiger partial charge on any atom is 0.145 e. The Morgan fingerprint density at radius 1 is 1.08 bits per heavy atom. The Morgan fingerprint density at radius 3 is 2.73 bits per heavy atom. The molecule has 190 valence electrons. The first-order valence-electron chi connectivity index (χ1n) is 12.5. The Labute approximate surface area is 215 Å². The van der Waals surface area contributed by atoms with Crippen molar-refractivity contribution in [3.05, 3.63) is 66.4 Å². The molecule has 37 heavy (non-hydrogen) atoms. The molecule has 0 amide bonds. The molecule has 2 aromatic carbocycles. The third kappa shape index (κ3) is 4.82. The van der Waals surface area contributed by atoms with Gasteiger partial charge in [0.1, 0.15) is 41.2 Å². The van der Waals surface area contributed by atoms with E-state index in [2.05, 4.69) is 67.4 Å². The average Bonchev–Trinajstić information content (AvgIpc) is 3.50. The molecule has 0 aliphatic carbocycles. The highest BCUT2D eigenvalue weighted by Crippen LogP contribution is 2.37. The van der Waals surface area contributed by atoms with Crippen LogP contribution in [0.25, 0.3) is 21.8 Å². The summed E-state index contributed by atoms with van der Waals surface area (Å²) in [5.41, 5.74) is 3.73. The van der Waals surface area contributed by atoms with E-state index in [1.165, 1.54) is 0 Å². The van der Waals surface area contributed by atoms with Crippen LogP contribution in [0.4, 0.5) is 11.5 Å². The lowest BCUT2D eigenvalue weighted by Gasteiger charge is -2.29. The molecule has 4 heterocycles. The number of aromatic nitrogens is 4. The van der Waals surface area contributed by atoms with E-state index in [1.54, 1.807) is 13.4 Å². The van der Waals surface area contributed by atoms with Crippen LogP contribution in [0.5, 0.6) is 11.5 Å². The first kappa shape index (κ1) is 23.3.